The molecule has 0 aromatic carbocycles. The molecule has 48 valence electrons. The number of hydrogen-bond acceptors (Lipinski definition) is 4. The molecule has 1 aromatic rings. The monoisotopic (exact) mass is 127 g/mol. The number of hydrogen-bond donors (Lipinski definition) is 1. The van der Waals surface area contributed by atoms with E-state index in [9.17, 15) is 4.79 Å². The van der Waals surface area contributed by atoms with Gasteiger partial charge in [-0.05, 0) is 6.92 Å². The van der Waals surface area contributed by atoms with Crippen LogP contribution in [0, 0.1) is 6.92 Å². The smallest absolute Gasteiger partial charge is 0.345 e. The van der Waals surface area contributed by atoms with Crippen LogP contribution >= 0.6 is 0 Å². The van der Waals surface area contributed by atoms with E-state index in [1.165, 1.54) is 6.92 Å². The molecule has 4 heteroatoms. The lowest BCUT2D eigenvalue weighted by molar-refractivity contribution is 0.407. The normalized spacial score (nSPS) is 9.44. The van der Waals surface area contributed by atoms with E-state index in [1.807, 2.05) is 0 Å². The second-order valence-corrected chi connectivity index (χ2v) is 1.59. The van der Waals surface area contributed by atoms with Crippen LogP contribution < -0.4 is 5.63 Å². The van der Waals surface area contributed by atoms with Crippen molar-refractivity contribution in [2.24, 2.45) is 0 Å². The molecular formula is C5H5NO3. The van der Waals surface area contributed by atoms with Crippen molar-refractivity contribution in [1.82, 2.24) is 4.98 Å². The minimum absolute atomic E-state index is 0.137. The zero-order valence-corrected chi connectivity index (χ0v) is 4.79. The molecule has 1 aromatic heterocycles. The lowest BCUT2D eigenvalue weighted by Crippen LogP contribution is -2.02. The largest absolute Gasteiger partial charge is 0.493 e. The molecule has 9 heavy (non-hydrogen) atoms. The molecule has 0 aliphatic rings. The van der Waals surface area contributed by atoms with Crippen molar-refractivity contribution in [1.29, 1.82) is 0 Å². The number of aromatic hydroxyl groups is 1. The summed E-state index contributed by atoms with van der Waals surface area (Å²) in [5, 5.41) is 8.73. The van der Waals surface area contributed by atoms with Crippen LogP contribution in [0.5, 0.6) is 5.88 Å². The minimum Gasteiger partial charge on any atom is -0.493 e. The molecule has 1 N–H and O–H groups in total. The molecule has 0 fully saturated rings. The molecule has 0 aliphatic carbocycles. The molecule has 0 atom stereocenters. The van der Waals surface area contributed by atoms with Gasteiger partial charge in [0.2, 0.25) is 5.88 Å². The Hall–Kier alpha value is -1.32. The summed E-state index contributed by atoms with van der Waals surface area (Å²) in [6, 6.07) is 0. The van der Waals surface area contributed by atoms with Gasteiger partial charge in [-0.25, -0.2) is 4.79 Å². The standard InChI is InChI=1S/C5H5NO3/c1-3-4(7)6-2-9-5(3)8/h2,7H,1H3. The summed E-state index contributed by atoms with van der Waals surface area (Å²) in [7, 11) is 0. The number of aromatic nitrogens is 1. The third-order valence-corrected chi connectivity index (χ3v) is 0.976. The van der Waals surface area contributed by atoms with Gasteiger partial charge in [0.05, 0.1) is 5.56 Å². The first-order valence-electron chi connectivity index (χ1n) is 2.35. The van der Waals surface area contributed by atoms with Gasteiger partial charge >= 0.3 is 5.63 Å². The molecule has 1 rings (SSSR count). The second kappa shape index (κ2) is 1.89. The molecule has 4 nitrogen and oxygen atoms in total. The average Bonchev–Trinajstić information content (AvgIpc) is 1.83. The highest BCUT2D eigenvalue weighted by molar-refractivity contribution is 5.16. The SMILES string of the molecule is Cc1c(O)ncoc1=O. The first kappa shape index (κ1) is 5.81. The maximum absolute atomic E-state index is 10.5. The summed E-state index contributed by atoms with van der Waals surface area (Å²) in [5.74, 6) is -0.272. The van der Waals surface area contributed by atoms with Crippen LogP contribution in [0.1, 0.15) is 5.56 Å². The van der Waals surface area contributed by atoms with Crippen molar-refractivity contribution in [2.45, 2.75) is 6.92 Å². The Balaban J connectivity index is 3.43. The Morgan fingerprint density at radius 3 is 2.89 bits per heavy atom. The third kappa shape index (κ3) is 0.910. The van der Waals surface area contributed by atoms with Gasteiger partial charge in [0.25, 0.3) is 0 Å². The zero-order chi connectivity index (χ0) is 6.85. The highest BCUT2D eigenvalue weighted by atomic mass is 16.4. The maximum atomic E-state index is 10.5. The van der Waals surface area contributed by atoms with Gasteiger partial charge in [0.1, 0.15) is 0 Å². The molecular weight excluding hydrogens is 122 g/mol. The molecule has 0 saturated carbocycles. The molecule has 0 radical (unpaired) electrons. The minimum atomic E-state index is -0.553. The van der Waals surface area contributed by atoms with Crippen LogP contribution in [0.2, 0.25) is 0 Å². The van der Waals surface area contributed by atoms with Crippen LogP contribution in [0.3, 0.4) is 0 Å². The van der Waals surface area contributed by atoms with Crippen molar-refractivity contribution in [3.63, 3.8) is 0 Å². The van der Waals surface area contributed by atoms with E-state index in [1.54, 1.807) is 0 Å². The van der Waals surface area contributed by atoms with Gasteiger partial charge in [-0.1, -0.05) is 0 Å². The lowest BCUT2D eigenvalue weighted by Gasteiger charge is -1.89. The zero-order valence-electron chi connectivity index (χ0n) is 4.79. The predicted octanol–water partition coefficient (Wildman–Crippen LogP) is 0.0488. The fraction of sp³-hybridized carbons (Fsp3) is 0.200. The summed E-state index contributed by atoms with van der Waals surface area (Å²) < 4.78 is 4.31. The van der Waals surface area contributed by atoms with Crippen LogP contribution in [0.4, 0.5) is 0 Å². The van der Waals surface area contributed by atoms with Crippen molar-refractivity contribution < 1.29 is 9.52 Å². The summed E-state index contributed by atoms with van der Waals surface area (Å²) >= 11 is 0. The average molecular weight is 127 g/mol. The highest BCUT2D eigenvalue weighted by Gasteiger charge is 1.99. The van der Waals surface area contributed by atoms with E-state index in [0.717, 1.165) is 6.39 Å². The topological polar surface area (TPSA) is 63.3 Å². The Labute approximate surface area is 50.8 Å². The van der Waals surface area contributed by atoms with Crippen molar-refractivity contribution in [2.75, 3.05) is 0 Å². The third-order valence-electron chi connectivity index (χ3n) is 0.976. The molecule has 0 saturated heterocycles. The maximum Gasteiger partial charge on any atom is 0.345 e. The van der Waals surface area contributed by atoms with E-state index in [4.69, 9.17) is 5.11 Å². The van der Waals surface area contributed by atoms with E-state index >= 15 is 0 Å². The van der Waals surface area contributed by atoms with Crippen LogP contribution in [-0.2, 0) is 0 Å². The van der Waals surface area contributed by atoms with Gasteiger partial charge < -0.3 is 9.52 Å². The summed E-state index contributed by atoms with van der Waals surface area (Å²) in [6.45, 7) is 1.44. The van der Waals surface area contributed by atoms with Gasteiger partial charge in [0, 0.05) is 0 Å². The van der Waals surface area contributed by atoms with Crippen LogP contribution in [0.15, 0.2) is 15.6 Å². The van der Waals surface area contributed by atoms with Gasteiger partial charge in [-0.3, -0.25) is 0 Å². The predicted molar refractivity (Wildman–Crippen MR) is 29.2 cm³/mol. The number of nitrogens with zero attached hydrogens (tertiary/aromatic N) is 1. The second-order valence-electron chi connectivity index (χ2n) is 1.59. The van der Waals surface area contributed by atoms with Crippen molar-refractivity contribution >= 4 is 0 Å². The molecule has 0 aliphatic heterocycles. The molecule has 0 spiro atoms. The van der Waals surface area contributed by atoms with Gasteiger partial charge in [-0.2, -0.15) is 4.98 Å². The first-order valence-corrected chi connectivity index (χ1v) is 2.35. The molecule has 0 bridgehead atoms. The van der Waals surface area contributed by atoms with Gasteiger partial charge in [0.15, 0.2) is 6.39 Å². The van der Waals surface area contributed by atoms with E-state index < -0.39 is 5.63 Å². The van der Waals surface area contributed by atoms with Crippen molar-refractivity contribution in [3.05, 3.63) is 22.4 Å². The van der Waals surface area contributed by atoms with E-state index in [2.05, 4.69) is 9.40 Å². The Morgan fingerprint density at radius 2 is 2.44 bits per heavy atom. The van der Waals surface area contributed by atoms with Gasteiger partial charge in [-0.15, -0.1) is 0 Å². The fourth-order valence-corrected chi connectivity index (χ4v) is 0.401. The van der Waals surface area contributed by atoms with E-state index in [0.29, 0.717) is 0 Å². The highest BCUT2D eigenvalue weighted by Crippen LogP contribution is 2.02. The summed E-state index contributed by atoms with van der Waals surface area (Å²) in [6.07, 6.45) is 0.907. The Morgan fingerprint density at radius 1 is 1.78 bits per heavy atom. The Kier molecular flexibility index (Phi) is 1.22. The Bertz CT molecular complexity index is 265. The lowest BCUT2D eigenvalue weighted by atomic mass is 10.4. The summed E-state index contributed by atoms with van der Waals surface area (Å²) in [5.41, 5.74) is -0.417. The van der Waals surface area contributed by atoms with Crippen molar-refractivity contribution in [3.8, 4) is 5.88 Å². The first-order chi connectivity index (χ1) is 4.22. The molecule has 0 amide bonds. The summed E-state index contributed by atoms with van der Waals surface area (Å²) in [4.78, 5) is 13.8. The number of rotatable bonds is 0. The molecule has 0 unspecified atom stereocenters. The van der Waals surface area contributed by atoms with Crippen LogP contribution in [-0.4, -0.2) is 10.1 Å². The molecule has 1 heterocycles. The van der Waals surface area contributed by atoms with E-state index in [-0.39, 0.29) is 11.4 Å². The van der Waals surface area contributed by atoms with Crippen LogP contribution in [0.25, 0.3) is 0 Å². The quantitative estimate of drug-likeness (QED) is 0.534. The fourth-order valence-electron chi connectivity index (χ4n) is 0.401.